The number of benzene rings is 1. The van der Waals surface area contributed by atoms with Crippen LogP contribution in [0.4, 0.5) is 5.00 Å². The van der Waals surface area contributed by atoms with Crippen molar-refractivity contribution in [3.8, 4) is 0 Å². The van der Waals surface area contributed by atoms with Crippen LogP contribution in [-0.4, -0.2) is 25.2 Å². The largest absolute Gasteiger partial charge is 0.462 e. The van der Waals surface area contributed by atoms with E-state index in [0.717, 1.165) is 10.4 Å². The highest BCUT2D eigenvalue weighted by Gasteiger charge is 2.15. The molecule has 0 aliphatic heterocycles. The Morgan fingerprint density at radius 1 is 1.04 bits per heavy atom. The molecule has 0 atom stereocenters. The van der Waals surface area contributed by atoms with Gasteiger partial charge in [-0.25, -0.2) is 9.59 Å². The third-order valence-electron chi connectivity index (χ3n) is 3.15. The van der Waals surface area contributed by atoms with E-state index in [2.05, 4.69) is 0 Å². The lowest BCUT2D eigenvalue weighted by Crippen LogP contribution is -2.05. The maximum absolute atomic E-state index is 11.8. The van der Waals surface area contributed by atoms with E-state index in [9.17, 15) is 9.59 Å². The highest BCUT2D eigenvalue weighted by molar-refractivity contribution is 7.16. The first-order valence-electron chi connectivity index (χ1n) is 7.36. The lowest BCUT2D eigenvalue weighted by molar-refractivity contribution is 0.0517. The van der Waals surface area contributed by atoms with Crippen molar-refractivity contribution in [3.05, 3.63) is 51.9 Å². The molecule has 1 aromatic heterocycles. The first-order valence-corrected chi connectivity index (χ1v) is 8.18. The molecule has 5 nitrogen and oxygen atoms in total. The average molecular weight is 333 g/mol. The number of thiophene rings is 1. The highest BCUT2D eigenvalue weighted by atomic mass is 32.1. The molecule has 0 radical (unpaired) electrons. The summed E-state index contributed by atoms with van der Waals surface area (Å²) in [5.74, 6) is -0.728. The Morgan fingerprint density at radius 3 is 2.26 bits per heavy atom. The second-order valence-corrected chi connectivity index (χ2v) is 5.97. The van der Waals surface area contributed by atoms with E-state index in [1.165, 1.54) is 11.3 Å². The van der Waals surface area contributed by atoms with E-state index >= 15 is 0 Å². The SMILES string of the molecule is CCOC(=O)c1ccc(Cc2cc(C(=O)OCC)c(N)s2)cc1. The summed E-state index contributed by atoms with van der Waals surface area (Å²) in [4.78, 5) is 24.3. The molecule has 0 amide bonds. The molecule has 0 aliphatic rings. The zero-order chi connectivity index (χ0) is 16.8. The van der Waals surface area contributed by atoms with Gasteiger partial charge >= 0.3 is 11.9 Å². The third-order valence-corrected chi connectivity index (χ3v) is 4.11. The predicted octanol–water partition coefficient (Wildman–Crippen LogP) is 3.27. The monoisotopic (exact) mass is 333 g/mol. The van der Waals surface area contributed by atoms with Gasteiger partial charge in [0.25, 0.3) is 0 Å². The molecule has 2 N–H and O–H groups in total. The van der Waals surface area contributed by atoms with Crippen LogP contribution < -0.4 is 5.73 Å². The topological polar surface area (TPSA) is 78.6 Å². The van der Waals surface area contributed by atoms with Crippen LogP contribution in [0.2, 0.25) is 0 Å². The molecule has 0 unspecified atom stereocenters. The molecule has 0 aliphatic carbocycles. The van der Waals surface area contributed by atoms with Crippen molar-refractivity contribution in [3.63, 3.8) is 0 Å². The minimum atomic E-state index is -0.398. The van der Waals surface area contributed by atoms with E-state index in [0.29, 0.717) is 35.8 Å². The number of anilines is 1. The van der Waals surface area contributed by atoms with Crippen LogP contribution >= 0.6 is 11.3 Å². The van der Waals surface area contributed by atoms with E-state index in [-0.39, 0.29) is 5.97 Å². The Balaban J connectivity index is 2.09. The van der Waals surface area contributed by atoms with Crippen LogP contribution in [0.1, 0.15) is 45.0 Å². The molecule has 2 rings (SSSR count). The fraction of sp³-hybridized carbons (Fsp3) is 0.294. The van der Waals surface area contributed by atoms with Crippen molar-refractivity contribution in [2.24, 2.45) is 0 Å². The maximum Gasteiger partial charge on any atom is 0.341 e. The smallest absolute Gasteiger partial charge is 0.341 e. The van der Waals surface area contributed by atoms with Gasteiger partial charge in [-0.05, 0) is 37.6 Å². The molecule has 122 valence electrons. The first kappa shape index (κ1) is 17.0. The number of carbonyl (C=O) groups excluding carboxylic acids is 2. The molecule has 0 saturated carbocycles. The van der Waals surface area contributed by atoms with Crippen molar-refractivity contribution < 1.29 is 19.1 Å². The first-order chi connectivity index (χ1) is 11.0. The Kier molecular flexibility index (Phi) is 5.76. The second-order valence-electron chi connectivity index (χ2n) is 4.81. The number of hydrogen-bond donors (Lipinski definition) is 1. The van der Waals surface area contributed by atoms with Crippen LogP contribution in [0.5, 0.6) is 0 Å². The molecule has 0 saturated heterocycles. The number of nitrogen functional groups attached to an aromatic ring is 1. The van der Waals surface area contributed by atoms with Crippen molar-refractivity contribution in [1.82, 2.24) is 0 Å². The van der Waals surface area contributed by atoms with Gasteiger partial charge in [0.05, 0.1) is 24.3 Å². The van der Waals surface area contributed by atoms with Gasteiger partial charge in [0, 0.05) is 11.3 Å². The van der Waals surface area contributed by atoms with Crippen LogP contribution in [-0.2, 0) is 15.9 Å². The molecular weight excluding hydrogens is 314 g/mol. The Hall–Kier alpha value is -2.34. The molecule has 2 aromatic rings. The summed E-state index contributed by atoms with van der Waals surface area (Å²) in [6.07, 6.45) is 0.636. The van der Waals surface area contributed by atoms with Crippen LogP contribution in [0, 0.1) is 0 Å². The number of ether oxygens (including phenoxy) is 2. The zero-order valence-corrected chi connectivity index (χ0v) is 13.9. The van der Waals surface area contributed by atoms with Gasteiger partial charge in [-0.1, -0.05) is 12.1 Å². The molecule has 0 fully saturated rings. The summed E-state index contributed by atoms with van der Waals surface area (Å²) in [5, 5.41) is 0.460. The molecule has 1 heterocycles. The summed E-state index contributed by atoms with van der Waals surface area (Å²) >= 11 is 1.37. The third kappa shape index (κ3) is 4.32. The maximum atomic E-state index is 11.8. The highest BCUT2D eigenvalue weighted by Crippen LogP contribution is 2.27. The Bertz CT molecular complexity index is 691. The average Bonchev–Trinajstić information content (AvgIpc) is 2.89. The lowest BCUT2D eigenvalue weighted by Gasteiger charge is -2.03. The van der Waals surface area contributed by atoms with Crippen molar-refractivity contribution in [1.29, 1.82) is 0 Å². The number of rotatable bonds is 6. The Labute approximate surface area is 139 Å². The summed E-state index contributed by atoms with van der Waals surface area (Å²) in [7, 11) is 0. The second kappa shape index (κ2) is 7.78. The lowest BCUT2D eigenvalue weighted by atomic mass is 10.1. The quantitative estimate of drug-likeness (QED) is 0.821. The molecule has 6 heteroatoms. The minimum Gasteiger partial charge on any atom is -0.462 e. The summed E-state index contributed by atoms with van der Waals surface area (Å²) < 4.78 is 9.92. The van der Waals surface area contributed by atoms with E-state index in [4.69, 9.17) is 15.2 Å². The van der Waals surface area contributed by atoms with E-state index in [1.807, 2.05) is 12.1 Å². The summed E-state index contributed by atoms with van der Waals surface area (Å²) in [5.41, 5.74) is 7.84. The van der Waals surface area contributed by atoms with E-state index in [1.54, 1.807) is 32.0 Å². The van der Waals surface area contributed by atoms with E-state index < -0.39 is 5.97 Å². The normalized spacial score (nSPS) is 10.3. The van der Waals surface area contributed by atoms with Gasteiger partial charge < -0.3 is 15.2 Å². The number of nitrogens with two attached hydrogens (primary N) is 1. The predicted molar refractivity (Wildman–Crippen MR) is 89.9 cm³/mol. The van der Waals surface area contributed by atoms with Gasteiger partial charge in [-0.15, -0.1) is 11.3 Å². The molecule has 0 bridgehead atoms. The van der Waals surface area contributed by atoms with Gasteiger partial charge in [0.1, 0.15) is 5.00 Å². The van der Waals surface area contributed by atoms with Gasteiger partial charge in [0.2, 0.25) is 0 Å². The fourth-order valence-corrected chi connectivity index (χ4v) is 3.04. The van der Waals surface area contributed by atoms with Crippen molar-refractivity contribution in [2.45, 2.75) is 20.3 Å². The van der Waals surface area contributed by atoms with Crippen LogP contribution in [0.15, 0.2) is 30.3 Å². The molecule has 23 heavy (non-hydrogen) atoms. The summed E-state index contributed by atoms with van der Waals surface area (Å²) in [6, 6.07) is 8.96. The van der Waals surface area contributed by atoms with Crippen molar-refractivity contribution in [2.75, 3.05) is 18.9 Å². The number of esters is 2. The number of carbonyl (C=O) groups is 2. The molecule has 0 spiro atoms. The van der Waals surface area contributed by atoms with Crippen LogP contribution in [0.3, 0.4) is 0 Å². The fourth-order valence-electron chi connectivity index (χ4n) is 2.09. The minimum absolute atomic E-state index is 0.318. The Morgan fingerprint density at radius 2 is 1.65 bits per heavy atom. The van der Waals surface area contributed by atoms with Gasteiger partial charge in [-0.3, -0.25) is 0 Å². The van der Waals surface area contributed by atoms with Gasteiger partial charge in [0.15, 0.2) is 0 Å². The standard InChI is InChI=1S/C17H19NO4S/c1-3-21-16(19)12-7-5-11(6-8-12)9-13-10-14(15(18)23-13)17(20)22-4-2/h5-8,10H,3-4,9,18H2,1-2H3. The molecule has 1 aromatic carbocycles. The zero-order valence-electron chi connectivity index (χ0n) is 13.1. The molecular formula is C17H19NO4S. The summed E-state index contributed by atoms with van der Waals surface area (Å²) in [6.45, 7) is 4.20. The van der Waals surface area contributed by atoms with Crippen molar-refractivity contribution >= 4 is 28.3 Å². The number of hydrogen-bond acceptors (Lipinski definition) is 6. The van der Waals surface area contributed by atoms with Crippen LogP contribution in [0.25, 0.3) is 0 Å². The van der Waals surface area contributed by atoms with Gasteiger partial charge in [-0.2, -0.15) is 0 Å².